The van der Waals surface area contributed by atoms with E-state index in [1.54, 1.807) is 13.2 Å². The molecule has 0 atom stereocenters. The number of nitrogens with zero attached hydrogens (tertiary/aromatic N) is 2. The summed E-state index contributed by atoms with van der Waals surface area (Å²) >= 11 is 0. The van der Waals surface area contributed by atoms with Crippen molar-refractivity contribution in [2.45, 2.75) is 6.54 Å². The molecular weight excluding hydrogens is 194 g/mol. The molecule has 6 nitrogen and oxygen atoms in total. The van der Waals surface area contributed by atoms with Crippen molar-refractivity contribution in [3.8, 4) is 0 Å². The number of nitrogens with one attached hydrogen (secondary N) is 2. The number of urea groups is 1. The minimum atomic E-state index is -0.649. The quantitative estimate of drug-likeness (QED) is 0.464. The van der Waals surface area contributed by atoms with Gasteiger partial charge in [0, 0.05) is 13.2 Å². The number of aromatic nitrogens is 1. The summed E-state index contributed by atoms with van der Waals surface area (Å²) in [5, 5.41) is 5.24. The molecule has 0 bridgehead atoms. The van der Waals surface area contributed by atoms with Gasteiger partial charge in [0.15, 0.2) is 5.96 Å². The van der Waals surface area contributed by atoms with Crippen molar-refractivity contribution >= 4 is 12.0 Å². The van der Waals surface area contributed by atoms with Gasteiger partial charge in [0.25, 0.3) is 0 Å². The number of nitrogens with two attached hydrogens (primary N) is 1. The van der Waals surface area contributed by atoms with Gasteiger partial charge in [-0.25, -0.2) is 4.79 Å². The van der Waals surface area contributed by atoms with Crippen LogP contribution in [0.15, 0.2) is 29.4 Å². The number of amides is 2. The molecule has 0 aliphatic heterocycles. The molecule has 0 saturated heterocycles. The molecule has 6 heteroatoms. The number of primary amides is 1. The van der Waals surface area contributed by atoms with Crippen molar-refractivity contribution in [3.05, 3.63) is 30.1 Å². The van der Waals surface area contributed by atoms with Gasteiger partial charge >= 0.3 is 6.03 Å². The summed E-state index contributed by atoms with van der Waals surface area (Å²) in [5.41, 5.74) is 5.80. The molecule has 0 aliphatic carbocycles. The van der Waals surface area contributed by atoms with E-state index in [-0.39, 0.29) is 0 Å². The van der Waals surface area contributed by atoms with Gasteiger partial charge < -0.3 is 11.1 Å². The van der Waals surface area contributed by atoms with E-state index in [0.717, 1.165) is 5.69 Å². The monoisotopic (exact) mass is 207 g/mol. The Bertz CT molecular complexity index is 349. The molecule has 0 fully saturated rings. The van der Waals surface area contributed by atoms with Gasteiger partial charge in [-0.1, -0.05) is 6.07 Å². The van der Waals surface area contributed by atoms with Crippen LogP contribution >= 0.6 is 0 Å². The minimum absolute atomic E-state index is 0.327. The summed E-state index contributed by atoms with van der Waals surface area (Å²) in [4.78, 5) is 18.5. The molecular formula is C9H13N5O. The van der Waals surface area contributed by atoms with Crippen LogP contribution in [0, 0.1) is 0 Å². The summed E-state index contributed by atoms with van der Waals surface area (Å²) in [7, 11) is 1.55. The lowest BCUT2D eigenvalue weighted by Gasteiger charge is -2.08. The second-order valence-electron chi connectivity index (χ2n) is 2.74. The van der Waals surface area contributed by atoms with Gasteiger partial charge in [-0.3, -0.25) is 15.3 Å². The summed E-state index contributed by atoms with van der Waals surface area (Å²) in [5.74, 6) is 0.327. The Balaban J connectivity index is 2.45. The molecule has 0 aromatic carbocycles. The van der Waals surface area contributed by atoms with Crippen molar-refractivity contribution < 1.29 is 4.79 Å². The smallest absolute Gasteiger partial charge is 0.318 e. The first-order valence-corrected chi connectivity index (χ1v) is 4.39. The second-order valence-corrected chi connectivity index (χ2v) is 2.74. The summed E-state index contributed by atoms with van der Waals surface area (Å²) in [6.07, 6.45) is 1.70. The summed E-state index contributed by atoms with van der Waals surface area (Å²) in [6, 6.07) is 4.93. The molecule has 0 saturated carbocycles. The van der Waals surface area contributed by atoms with E-state index in [9.17, 15) is 4.79 Å². The van der Waals surface area contributed by atoms with E-state index in [1.807, 2.05) is 18.2 Å². The molecule has 1 rings (SSSR count). The van der Waals surface area contributed by atoms with Gasteiger partial charge in [0.1, 0.15) is 0 Å². The molecule has 2 amide bonds. The number of pyridine rings is 1. The minimum Gasteiger partial charge on any atom is -0.351 e. The first kappa shape index (κ1) is 11.0. The maximum atomic E-state index is 10.6. The fraction of sp³-hybridized carbons (Fsp3) is 0.222. The number of aliphatic imine (C=N–C) groups is 1. The molecule has 0 spiro atoms. The molecule has 15 heavy (non-hydrogen) atoms. The molecule has 1 aromatic rings. The van der Waals surface area contributed by atoms with Crippen LogP contribution in [-0.4, -0.2) is 24.0 Å². The number of hydrogen-bond acceptors (Lipinski definition) is 3. The van der Waals surface area contributed by atoms with E-state index in [1.165, 1.54) is 0 Å². The number of carbonyl (C=O) groups is 1. The van der Waals surface area contributed by atoms with Gasteiger partial charge in [0.05, 0.1) is 12.2 Å². The zero-order valence-electron chi connectivity index (χ0n) is 8.40. The third-order valence-corrected chi connectivity index (χ3v) is 1.63. The molecule has 4 N–H and O–H groups in total. The highest BCUT2D eigenvalue weighted by Gasteiger charge is 2.00. The lowest BCUT2D eigenvalue weighted by Crippen LogP contribution is -2.43. The normalized spacial score (nSPS) is 10.9. The van der Waals surface area contributed by atoms with Crippen LogP contribution in [0.2, 0.25) is 0 Å². The standard InChI is InChI=1S/C9H13N5O/c1-11-9(14-8(10)15)13-6-7-4-2-3-5-12-7/h2-5H,6H2,1H3,(H4,10,11,13,14,15). The lowest BCUT2D eigenvalue weighted by molar-refractivity contribution is 0.253. The summed E-state index contributed by atoms with van der Waals surface area (Å²) in [6.45, 7) is 0.480. The van der Waals surface area contributed by atoms with E-state index < -0.39 is 6.03 Å². The predicted octanol–water partition coefficient (Wildman–Crippen LogP) is -0.175. The average molecular weight is 207 g/mol. The highest BCUT2D eigenvalue weighted by atomic mass is 16.2. The van der Waals surface area contributed by atoms with Crippen LogP contribution in [0.5, 0.6) is 0 Å². The van der Waals surface area contributed by atoms with Gasteiger partial charge in [0.2, 0.25) is 0 Å². The Morgan fingerprint density at radius 2 is 2.40 bits per heavy atom. The highest BCUT2D eigenvalue weighted by molar-refractivity contribution is 5.95. The lowest BCUT2D eigenvalue weighted by atomic mass is 10.3. The van der Waals surface area contributed by atoms with Crippen LogP contribution < -0.4 is 16.4 Å². The van der Waals surface area contributed by atoms with Crippen molar-refractivity contribution in [3.63, 3.8) is 0 Å². The molecule has 0 aliphatic rings. The predicted molar refractivity (Wildman–Crippen MR) is 57.2 cm³/mol. The third-order valence-electron chi connectivity index (χ3n) is 1.63. The molecule has 0 unspecified atom stereocenters. The fourth-order valence-electron chi connectivity index (χ4n) is 0.973. The van der Waals surface area contributed by atoms with Crippen LogP contribution in [0.25, 0.3) is 0 Å². The van der Waals surface area contributed by atoms with Crippen LogP contribution in [0.4, 0.5) is 4.79 Å². The van der Waals surface area contributed by atoms with E-state index in [0.29, 0.717) is 12.5 Å². The maximum Gasteiger partial charge on any atom is 0.318 e. The SMILES string of the molecule is CN=C(NCc1ccccn1)NC(N)=O. The highest BCUT2D eigenvalue weighted by Crippen LogP contribution is 1.91. The zero-order chi connectivity index (χ0) is 11.1. The molecule has 0 radical (unpaired) electrons. The van der Waals surface area contributed by atoms with Crippen molar-refractivity contribution in [1.29, 1.82) is 0 Å². The van der Waals surface area contributed by atoms with Crippen LogP contribution in [0.3, 0.4) is 0 Å². The Labute approximate surface area is 87.6 Å². The van der Waals surface area contributed by atoms with Crippen molar-refractivity contribution in [2.24, 2.45) is 10.7 Å². The topological polar surface area (TPSA) is 92.4 Å². The number of guanidine groups is 1. The first-order valence-electron chi connectivity index (χ1n) is 4.39. The van der Waals surface area contributed by atoms with Crippen molar-refractivity contribution in [2.75, 3.05) is 7.05 Å². The average Bonchev–Trinajstić information content (AvgIpc) is 2.25. The molecule has 1 heterocycles. The van der Waals surface area contributed by atoms with Gasteiger partial charge in [-0.15, -0.1) is 0 Å². The number of rotatable bonds is 2. The van der Waals surface area contributed by atoms with E-state index >= 15 is 0 Å². The molecule has 1 aromatic heterocycles. The van der Waals surface area contributed by atoms with Gasteiger partial charge in [-0.05, 0) is 12.1 Å². The Morgan fingerprint density at radius 3 is 2.93 bits per heavy atom. The fourth-order valence-corrected chi connectivity index (χ4v) is 0.973. The number of carbonyl (C=O) groups excluding carboxylic acids is 1. The Hall–Kier alpha value is -2.11. The first-order chi connectivity index (χ1) is 7.22. The van der Waals surface area contributed by atoms with Crippen molar-refractivity contribution in [1.82, 2.24) is 15.6 Å². The van der Waals surface area contributed by atoms with Gasteiger partial charge in [-0.2, -0.15) is 0 Å². The van der Waals surface area contributed by atoms with Crippen LogP contribution in [-0.2, 0) is 6.54 Å². The van der Waals surface area contributed by atoms with Crippen LogP contribution in [0.1, 0.15) is 5.69 Å². The van der Waals surface area contributed by atoms with E-state index in [2.05, 4.69) is 20.6 Å². The third kappa shape index (κ3) is 4.08. The maximum absolute atomic E-state index is 10.6. The number of hydrogen-bond donors (Lipinski definition) is 3. The Kier molecular flexibility index (Phi) is 4.08. The largest absolute Gasteiger partial charge is 0.351 e. The Morgan fingerprint density at radius 1 is 1.60 bits per heavy atom. The molecule has 80 valence electrons. The summed E-state index contributed by atoms with van der Waals surface area (Å²) < 4.78 is 0. The second kappa shape index (κ2) is 5.58. The van der Waals surface area contributed by atoms with E-state index in [4.69, 9.17) is 5.73 Å². The zero-order valence-corrected chi connectivity index (χ0v) is 8.40.